The van der Waals surface area contributed by atoms with Crippen molar-refractivity contribution in [2.24, 2.45) is 0 Å². The molecule has 3 aliphatic rings. The molecule has 7 nitrogen and oxygen atoms in total. The number of benzene rings is 1. The molecule has 0 aromatic heterocycles. The molecule has 0 unspecified atom stereocenters. The fourth-order valence-electron chi connectivity index (χ4n) is 3.93. The quantitative estimate of drug-likeness (QED) is 0.688. The van der Waals surface area contributed by atoms with Crippen LogP contribution in [0.15, 0.2) is 47.5 Å². The first-order valence-corrected chi connectivity index (χ1v) is 9.63. The number of likely N-dealkylation sites (tertiary alicyclic amines) is 1. The van der Waals surface area contributed by atoms with Crippen LogP contribution in [0.25, 0.3) is 11.3 Å². The smallest absolute Gasteiger partial charge is 0.341 e. The molecule has 0 aliphatic carbocycles. The molecular formula is C21H24N4O3. The Labute approximate surface area is 163 Å². The monoisotopic (exact) mass is 380 g/mol. The normalized spacial score (nSPS) is 16.2. The lowest BCUT2D eigenvalue weighted by molar-refractivity contribution is 0.0600. The number of hydrogen-bond acceptors (Lipinski definition) is 5. The van der Waals surface area contributed by atoms with E-state index in [0.29, 0.717) is 11.3 Å². The summed E-state index contributed by atoms with van der Waals surface area (Å²) in [5.41, 5.74) is 1.85. The van der Waals surface area contributed by atoms with Gasteiger partial charge >= 0.3 is 5.97 Å². The third-order valence-electron chi connectivity index (χ3n) is 5.41. The van der Waals surface area contributed by atoms with E-state index in [2.05, 4.69) is 27.2 Å². The van der Waals surface area contributed by atoms with Gasteiger partial charge in [-0.15, -0.1) is 0 Å². The molecule has 1 saturated heterocycles. The number of fused-ring (bicyclic) bond motifs is 1. The van der Waals surface area contributed by atoms with Crippen molar-refractivity contribution in [3.8, 4) is 11.3 Å². The molecule has 4 rings (SSSR count). The molecule has 0 radical (unpaired) electrons. The van der Waals surface area contributed by atoms with Gasteiger partial charge in [-0.25, -0.2) is 9.89 Å². The molecule has 1 atom stereocenters. The van der Waals surface area contributed by atoms with Crippen molar-refractivity contribution >= 4 is 5.97 Å². The molecule has 1 aromatic rings. The predicted molar refractivity (Wildman–Crippen MR) is 106 cm³/mol. The van der Waals surface area contributed by atoms with Gasteiger partial charge in [0.1, 0.15) is 11.3 Å². The van der Waals surface area contributed by atoms with Crippen LogP contribution in [0.1, 0.15) is 41.2 Å². The zero-order valence-corrected chi connectivity index (χ0v) is 15.9. The first-order valence-electron chi connectivity index (χ1n) is 9.63. The fraction of sp³-hybridized carbons (Fsp3) is 0.381. The van der Waals surface area contributed by atoms with Gasteiger partial charge in [0, 0.05) is 18.9 Å². The van der Waals surface area contributed by atoms with Crippen molar-refractivity contribution in [2.45, 2.75) is 25.3 Å². The van der Waals surface area contributed by atoms with Crippen molar-refractivity contribution in [3.05, 3.63) is 64.2 Å². The molecule has 7 heteroatoms. The lowest BCUT2D eigenvalue weighted by Crippen LogP contribution is -2.35. The van der Waals surface area contributed by atoms with E-state index in [-0.39, 0.29) is 17.2 Å². The van der Waals surface area contributed by atoms with E-state index in [0.717, 1.165) is 25.2 Å². The Morgan fingerprint density at radius 1 is 1.18 bits per heavy atom. The maximum absolute atomic E-state index is 12.3. The average molecular weight is 380 g/mol. The highest BCUT2D eigenvalue weighted by molar-refractivity contribution is 5.95. The molecule has 3 heterocycles. The lowest BCUT2D eigenvalue weighted by atomic mass is 10.0. The van der Waals surface area contributed by atoms with Crippen LogP contribution in [-0.4, -0.2) is 52.4 Å². The second kappa shape index (κ2) is 7.98. The molecule has 0 saturated carbocycles. The maximum atomic E-state index is 12.3. The molecule has 1 N–H and O–H groups in total. The van der Waals surface area contributed by atoms with Crippen molar-refractivity contribution in [3.63, 3.8) is 0 Å². The molecule has 0 bridgehead atoms. The number of piperidine rings is 1. The molecule has 0 amide bonds. The zero-order valence-electron chi connectivity index (χ0n) is 15.9. The van der Waals surface area contributed by atoms with Crippen molar-refractivity contribution in [2.75, 3.05) is 26.7 Å². The van der Waals surface area contributed by atoms with Gasteiger partial charge in [0.2, 0.25) is 0 Å². The Hall–Kier alpha value is -2.93. The molecule has 3 aliphatic heterocycles. The van der Waals surface area contributed by atoms with Gasteiger partial charge in [-0.2, -0.15) is 5.10 Å². The van der Waals surface area contributed by atoms with E-state index in [1.54, 1.807) is 12.4 Å². The van der Waals surface area contributed by atoms with E-state index in [1.165, 1.54) is 26.4 Å². The largest absolute Gasteiger partial charge is 0.465 e. The number of H-pyrrole nitrogens is 1. The highest BCUT2D eigenvalue weighted by atomic mass is 16.5. The summed E-state index contributed by atoms with van der Waals surface area (Å²) >= 11 is 0. The number of nitrogens with one attached hydrogen (secondary N) is 1. The zero-order chi connectivity index (χ0) is 19.5. The second-order valence-electron chi connectivity index (χ2n) is 7.21. The van der Waals surface area contributed by atoms with Crippen LogP contribution in [0.3, 0.4) is 0 Å². The molecular weight excluding hydrogens is 356 g/mol. The number of hydrogen-bond donors (Lipinski definition) is 1. The number of aromatic amines is 1. The van der Waals surface area contributed by atoms with Gasteiger partial charge in [0.25, 0.3) is 5.56 Å². The number of esters is 1. The minimum Gasteiger partial charge on any atom is -0.465 e. The van der Waals surface area contributed by atoms with E-state index >= 15 is 0 Å². The summed E-state index contributed by atoms with van der Waals surface area (Å²) in [5.74, 6) is -0.504. The highest BCUT2D eigenvalue weighted by Crippen LogP contribution is 2.27. The predicted octanol–water partition coefficient (Wildman–Crippen LogP) is 2.54. The van der Waals surface area contributed by atoms with Crippen LogP contribution < -0.4 is 5.56 Å². The standard InChI is InChI=1S/C21H24N4O3/c1-28-21(27)17-13-25(12-16-19(17)22-23-20(16)26)18(15-8-4-2-5-9-15)14-24-10-6-3-7-11-24/h2,4-5,8-9,12-13,18H,3,6-7,10-11,14H2,1H3,(H,23,26)/t18-/m1/s1. The summed E-state index contributed by atoms with van der Waals surface area (Å²) in [4.78, 5) is 27.0. The Morgan fingerprint density at radius 3 is 2.64 bits per heavy atom. The highest BCUT2D eigenvalue weighted by Gasteiger charge is 2.26. The van der Waals surface area contributed by atoms with Crippen LogP contribution in [0.5, 0.6) is 0 Å². The number of ether oxygens (including phenoxy) is 1. The van der Waals surface area contributed by atoms with Crippen LogP contribution in [0.4, 0.5) is 0 Å². The average Bonchev–Trinajstić information content (AvgIpc) is 3.13. The van der Waals surface area contributed by atoms with Crippen molar-refractivity contribution in [1.82, 2.24) is 19.7 Å². The lowest BCUT2D eigenvalue weighted by Gasteiger charge is -2.32. The second-order valence-corrected chi connectivity index (χ2v) is 7.21. The Kier molecular flexibility index (Phi) is 5.25. The summed E-state index contributed by atoms with van der Waals surface area (Å²) in [6.45, 7) is 2.94. The molecule has 1 aromatic carbocycles. The topological polar surface area (TPSA) is 80.2 Å². The minimum absolute atomic E-state index is 0.0265. The first-order chi connectivity index (χ1) is 13.7. The number of carbonyl (C=O) groups is 1. The first kappa shape index (κ1) is 18.4. The van der Waals surface area contributed by atoms with Crippen molar-refractivity contribution < 1.29 is 9.53 Å². The van der Waals surface area contributed by atoms with Crippen LogP contribution >= 0.6 is 0 Å². The van der Waals surface area contributed by atoms with Gasteiger partial charge < -0.3 is 14.2 Å². The van der Waals surface area contributed by atoms with E-state index in [9.17, 15) is 9.59 Å². The number of nitrogens with zero attached hydrogens (tertiary/aromatic N) is 3. The number of pyridine rings is 1. The Morgan fingerprint density at radius 2 is 1.93 bits per heavy atom. The number of methoxy groups -OCH3 is 1. The molecule has 0 spiro atoms. The third kappa shape index (κ3) is 3.57. The van der Waals surface area contributed by atoms with Gasteiger partial charge in [-0.05, 0) is 31.5 Å². The summed E-state index contributed by atoms with van der Waals surface area (Å²) in [6, 6.07) is 10.1. The van der Waals surface area contributed by atoms with Gasteiger partial charge in [-0.3, -0.25) is 4.79 Å². The van der Waals surface area contributed by atoms with Gasteiger partial charge in [-0.1, -0.05) is 36.8 Å². The number of rotatable bonds is 5. The maximum Gasteiger partial charge on any atom is 0.341 e. The number of aromatic nitrogens is 3. The van der Waals surface area contributed by atoms with E-state index in [1.807, 2.05) is 22.8 Å². The van der Waals surface area contributed by atoms with Crippen molar-refractivity contribution in [1.29, 1.82) is 0 Å². The third-order valence-corrected chi connectivity index (χ3v) is 5.41. The molecule has 28 heavy (non-hydrogen) atoms. The fourth-order valence-corrected chi connectivity index (χ4v) is 3.93. The summed E-state index contributed by atoms with van der Waals surface area (Å²) in [7, 11) is 1.33. The molecule has 146 valence electrons. The Balaban J connectivity index is 1.82. The van der Waals surface area contributed by atoms with Gasteiger partial charge in [0.15, 0.2) is 0 Å². The minimum atomic E-state index is -0.504. The summed E-state index contributed by atoms with van der Waals surface area (Å²) in [5, 5.41) is 6.46. The van der Waals surface area contributed by atoms with E-state index in [4.69, 9.17) is 4.74 Å². The SMILES string of the molecule is COC(=O)c1cn([C@H](CN2CCCCC2)c2ccccc2)cc2c(=O)[nH]nc1-2. The van der Waals surface area contributed by atoms with Crippen LogP contribution in [0, 0.1) is 0 Å². The van der Waals surface area contributed by atoms with E-state index < -0.39 is 5.97 Å². The van der Waals surface area contributed by atoms with Gasteiger partial charge in [0.05, 0.1) is 18.7 Å². The van der Waals surface area contributed by atoms with Crippen LogP contribution in [0.2, 0.25) is 0 Å². The summed E-state index contributed by atoms with van der Waals surface area (Å²) in [6.07, 6.45) is 7.20. The molecule has 1 fully saturated rings. The number of carbonyl (C=O) groups excluding carboxylic acids is 1. The summed E-state index contributed by atoms with van der Waals surface area (Å²) < 4.78 is 6.88. The Bertz CT molecular complexity index is 973. The van der Waals surface area contributed by atoms with Crippen LogP contribution in [-0.2, 0) is 4.74 Å².